The highest BCUT2D eigenvalue weighted by Crippen LogP contribution is 2.31. The smallest absolute Gasteiger partial charge is 0.416 e. The normalized spacial score (nSPS) is 11.0. The maximum absolute atomic E-state index is 12.9. The predicted molar refractivity (Wildman–Crippen MR) is 99.2 cm³/mol. The third-order valence-electron chi connectivity index (χ3n) is 4.06. The van der Waals surface area contributed by atoms with Crippen LogP contribution >= 0.6 is 0 Å². The summed E-state index contributed by atoms with van der Waals surface area (Å²) in [5, 5.41) is 2.67. The summed E-state index contributed by atoms with van der Waals surface area (Å²) in [7, 11) is 1.57. The van der Waals surface area contributed by atoms with E-state index in [1.54, 1.807) is 7.11 Å². The van der Waals surface area contributed by atoms with Gasteiger partial charge in [0.25, 0.3) is 0 Å². The summed E-state index contributed by atoms with van der Waals surface area (Å²) in [4.78, 5) is 25.0. The molecule has 0 aliphatic rings. The van der Waals surface area contributed by atoms with Gasteiger partial charge in [-0.2, -0.15) is 13.2 Å². The number of anilines is 1. The van der Waals surface area contributed by atoms with E-state index < -0.39 is 23.6 Å². The van der Waals surface area contributed by atoms with Crippen LogP contribution in [-0.2, 0) is 22.2 Å². The van der Waals surface area contributed by atoms with Crippen molar-refractivity contribution in [3.05, 3.63) is 59.7 Å². The van der Waals surface area contributed by atoms with Crippen LogP contribution in [0.5, 0.6) is 5.75 Å². The van der Waals surface area contributed by atoms with Gasteiger partial charge in [0.2, 0.25) is 11.8 Å². The molecule has 0 aromatic heterocycles. The molecule has 0 aliphatic heterocycles. The second kappa shape index (κ2) is 9.25. The number of nitrogens with zero attached hydrogens (tertiary/aromatic N) is 1. The second-order valence-electron chi connectivity index (χ2n) is 6.10. The van der Waals surface area contributed by atoms with Gasteiger partial charge in [-0.25, -0.2) is 0 Å². The Bertz CT molecular complexity index is 820. The lowest BCUT2D eigenvalue weighted by atomic mass is 10.1. The van der Waals surface area contributed by atoms with Crippen LogP contribution in [0.25, 0.3) is 0 Å². The zero-order chi connectivity index (χ0) is 20.7. The molecule has 0 saturated heterocycles. The Hall–Kier alpha value is -3.03. The molecule has 0 bridgehead atoms. The molecule has 0 fully saturated rings. The van der Waals surface area contributed by atoms with Crippen molar-refractivity contribution >= 4 is 17.5 Å². The van der Waals surface area contributed by atoms with Crippen LogP contribution in [0.4, 0.5) is 18.9 Å². The minimum atomic E-state index is -4.53. The largest absolute Gasteiger partial charge is 0.497 e. The molecule has 0 atom stereocenters. The lowest BCUT2D eigenvalue weighted by molar-refractivity contribution is -0.137. The number of benzene rings is 2. The number of rotatable bonds is 7. The van der Waals surface area contributed by atoms with Crippen molar-refractivity contribution in [1.82, 2.24) is 5.32 Å². The van der Waals surface area contributed by atoms with Crippen molar-refractivity contribution < 1.29 is 27.5 Å². The van der Waals surface area contributed by atoms with E-state index in [2.05, 4.69) is 5.32 Å². The summed E-state index contributed by atoms with van der Waals surface area (Å²) in [5.74, 6) is -0.253. The highest BCUT2D eigenvalue weighted by Gasteiger charge is 2.31. The third kappa shape index (κ3) is 6.00. The Balaban J connectivity index is 1.96. The van der Waals surface area contributed by atoms with Crippen LogP contribution in [0.15, 0.2) is 48.5 Å². The SMILES string of the molecule is COc1ccc(CCNC(=O)CN(C(C)=O)c2cccc(C(F)(F)F)c2)cc1. The molecule has 0 spiro atoms. The summed E-state index contributed by atoms with van der Waals surface area (Å²) in [6, 6.07) is 11.7. The molecular formula is C20H21F3N2O3. The zero-order valence-electron chi connectivity index (χ0n) is 15.5. The Morgan fingerprint density at radius 2 is 1.79 bits per heavy atom. The van der Waals surface area contributed by atoms with Crippen LogP contribution in [0.1, 0.15) is 18.1 Å². The summed E-state index contributed by atoms with van der Waals surface area (Å²) in [6.45, 7) is 1.17. The second-order valence-corrected chi connectivity index (χ2v) is 6.10. The highest BCUT2D eigenvalue weighted by molar-refractivity contribution is 5.97. The minimum Gasteiger partial charge on any atom is -0.497 e. The standard InChI is InChI=1S/C20H21F3N2O3/c1-14(26)25(17-5-3-4-16(12-17)20(21,22)23)13-19(27)24-11-10-15-6-8-18(28-2)9-7-15/h3-9,12H,10-11,13H2,1-2H3,(H,24,27). The topological polar surface area (TPSA) is 58.6 Å². The number of ether oxygens (including phenoxy) is 1. The van der Waals surface area contributed by atoms with E-state index in [0.717, 1.165) is 28.3 Å². The van der Waals surface area contributed by atoms with Gasteiger partial charge in [0.1, 0.15) is 12.3 Å². The molecule has 5 nitrogen and oxygen atoms in total. The van der Waals surface area contributed by atoms with E-state index in [4.69, 9.17) is 4.74 Å². The quantitative estimate of drug-likeness (QED) is 0.783. The fourth-order valence-electron chi connectivity index (χ4n) is 2.57. The molecule has 0 unspecified atom stereocenters. The van der Waals surface area contributed by atoms with Crippen molar-refractivity contribution in [3.8, 4) is 5.75 Å². The van der Waals surface area contributed by atoms with E-state index >= 15 is 0 Å². The summed E-state index contributed by atoms with van der Waals surface area (Å²) in [5.41, 5.74) is 0.131. The molecule has 0 heterocycles. The molecule has 0 saturated carbocycles. The summed E-state index contributed by atoms with van der Waals surface area (Å²) >= 11 is 0. The molecule has 28 heavy (non-hydrogen) atoms. The van der Waals surface area contributed by atoms with Crippen molar-refractivity contribution in [2.75, 3.05) is 25.1 Å². The fraction of sp³-hybridized carbons (Fsp3) is 0.300. The molecule has 2 rings (SSSR count). The van der Waals surface area contributed by atoms with Crippen LogP contribution < -0.4 is 15.0 Å². The van der Waals surface area contributed by atoms with Gasteiger partial charge in [-0.3, -0.25) is 9.59 Å². The van der Waals surface area contributed by atoms with Gasteiger partial charge in [-0.15, -0.1) is 0 Å². The van der Waals surface area contributed by atoms with Crippen molar-refractivity contribution in [1.29, 1.82) is 0 Å². The molecular weight excluding hydrogens is 373 g/mol. The van der Waals surface area contributed by atoms with Crippen molar-refractivity contribution in [3.63, 3.8) is 0 Å². The molecule has 2 aromatic rings. The van der Waals surface area contributed by atoms with Gasteiger partial charge in [-0.1, -0.05) is 18.2 Å². The van der Waals surface area contributed by atoms with E-state index in [0.29, 0.717) is 13.0 Å². The number of alkyl halides is 3. The Labute approximate surface area is 161 Å². The molecule has 150 valence electrons. The number of hydrogen-bond acceptors (Lipinski definition) is 3. The first-order valence-corrected chi connectivity index (χ1v) is 8.55. The van der Waals surface area contributed by atoms with Crippen LogP contribution in [0.2, 0.25) is 0 Å². The maximum Gasteiger partial charge on any atom is 0.416 e. The minimum absolute atomic E-state index is 0.0210. The van der Waals surface area contributed by atoms with E-state index in [9.17, 15) is 22.8 Å². The van der Waals surface area contributed by atoms with Gasteiger partial charge < -0.3 is 15.0 Å². The first kappa shape index (κ1) is 21.3. The average Bonchev–Trinajstić information content (AvgIpc) is 2.66. The third-order valence-corrected chi connectivity index (χ3v) is 4.06. The number of carbonyl (C=O) groups is 2. The van der Waals surface area contributed by atoms with Gasteiger partial charge >= 0.3 is 6.18 Å². The first-order chi connectivity index (χ1) is 13.2. The first-order valence-electron chi connectivity index (χ1n) is 8.55. The molecule has 8 heteroatoms. The van der Waals surface area contributed by atoms with Gasteiger partial charge in [0, 0.05) is 19.2 Å². The average molecular weight is 394 g/mol. The van der Waals surface area contributed by atoms with Crippen molar-refractivity contribution in [2.24, 2.45) is 0 Å². The molecule has 2 amide bonds. The monoisotopic (exact) mass is 394 g/mol. The van der Waals surface area contributed by atoms with E-state index in [1.165, 1.54) is 19.1 Å². The Morgan fingerprint density at radius 1 is 1.11 bits per heavy atom. The van der Waals surface area contributed by atoms with Crippen LogP contribution in [0.3, 0.4) is 0 Å². The maximum atomic E-state index is 12.9. The lowest BCUT2D eigenvalue weighted by Crippen LogP contribution is -2.40. The Morgan fingerprint density at radius 3 is 2.36 bits per heavy atom. The number of hydrogen-bond donors (Lipinski definition) is 1. The van der Waals surface area contributed by atoms with Gasteiger partial charge in [0.15, 0.2) is 0 Å². The fourth-order valence-corrected chi connectivity index (χ4v) is 2.57. The number of amides is 2. The number of nitrogens with one attached hydrogen (secondary N) is 1. The summed E-state index contributed by atoms with van der Waals surface area (Å²) in [6.07, 6.45) is -3.96. The van der Waals surface area contributed by atoms with Crippen LogP contribution in [0, 0.1) is 0 Å². The van der Waals surface area contributed by atoms with E-state index in [1.807, 2.05) is 24.3 Å². The zero-order valence-corrected chi connectivity index (χ0v) is 15.5. The van der Waals surface area contributed by atoms with Gasteiger partial charge in [-0.05, 0) is 42.3 Å². The van der Waals surface area contributed by atoms with E-state index in [-0.39, 0.29) is 12.2 Å². The Kier molecular flexibility index (Phi) is 7.03. The molecule has 0 radical (unpaired) electrons. The van der Waals surface area contributed by atoms with Crippen molar-refractivity contribution in [2.45, 2.75) is 19.5 Å². The lowest BCUT2D eigenvalue weighted by Gasteiger charge is -2.21. The predicted octanol–water partition coefficient (Wildman–Crippen LogP) is 3.43. The van der Waals surface area contributed by atoms with Crippen LogP contribution in [-0.4, -0.2) is 32.0 Å². The number of carbonyl (C=O) groups excluding carboxylic acids is 2. The highest BCUT2D eigenvalue weighted by atomic mass is 19.4. The summed E-state index contributed by atoms with van der Waals surface area (Å²) < 4.78 is 43.7. The number of halogens is 3. The molecule has 2 aromatic carbocycles. The number of methoxy groups -OCH3 is 1. The molecule has 0 aliphatic carbocycles. The molecule has 1 N–H and O–H groups in total. The van der Waals surface area contributed by atoms with Gasteiger partial charge in [0.05, 0.1) is 12.7 Å².